The van der Waals surface area contributed by atoms with Gasteiger partial charge < -0.3 is 14.8 Å². The number of carboxylic acid groups (broad SMARTS) is 1. The molecule has 20 heavy (non-hydrogen) atoms. The lowest BCUT2D eigenvalue weighted by atomic mass is 10.2. The molecule has 0 saturated heterocycles. The predicted octanol–water partition coefficient (Wildman–Crippen LogP) is 2.33. The van der Waals surface area contributed by atoms with Crippen molar-refractivity contribution < 1.29 is 19.1 Å². The largest absolute Gasteiger partial charge is 0.481 e. The smallest absolute Gasteiger partial charge is 0.307 e. The lowest BCUT2D eigenvalue weighted by molar-refractivity contribution is -0.140. The molecule has 0 aliphatic heterocycles. The van der Waals surface area contributed by atoms with Crippen molar-refractivity contribution in [2.45, 2.75) is 19.4 Å². The number of fused-ring (bicyclic) bond motifs is 1. The zero-order valence-corrected chi connectivity index (χ0v) is 11.0. The van der Waals surface area contributed by atoms with Gasteiger partial charge in [0, 0.05) is 5.39 Å². The number of para-hydroxylation sites is 1. The van der Waals surface area contributed by atoms with Crippen molar-refractivity contribution in [2.75, 3.05) is 0 Å². The number of carbonyl (C=O) groups excluding carboxylic acids is 1. The van der Waals surface area contributed by atoms with Crippen molar-refractivity contribution >= 4 is 22.8 Å². The molecular formula is C15H15NO4. The van der Waals surface area contributed by atoms with Crippen molar-refractivity contribution in [3.8, 4) is 0 Å². The summed E-state index contributed by atoms with van der Waals surface area (Å²) in [6.07, 6.45) is 0.425. The van der Waals surface area contributed by atoms with Gasteiger partial charge in [-0.25, -0.2) is 0 Å². The number of carbonyl (C=O) groups is 2. The fraction of sp³-hybridized carbons (Fsp3) is 0.333. The van der Waals surface area contributed by atoms with Crippen LogP contribution < -0.4 is 5.32 Å². The maximum atomic E-state index is 11.9. The maximum Gasteiger partial charge on any atom is 0.307 e. The first-order chi connectivity index (χ1) is 9.56. The number of aliphatic carboxylic acids is 1. The average Bonchev–Trinajstić information content (AvgIpc) is 3.11. The van der Waals surface area contributed by atoms with E-state index < -0.39 is 17.8 Å². The number of hydrogen-bond acceptors (Lipinski definition) is 3. The summed E-state index contributed by atoms with van der Waals surface area (Å²) in [5, 5.41) is 12.6. The second-order valence-electron chi connectivity index (χ2n) is 5.20. The minimum atomic E-state index is -0.901. The van der Waals surface area contributed by atoms with Gasteiger partial charge in [-0.05, 0) is 25.5 Å². The summed E-state index contributed by atoms with van der Waals surface area (Å²) in [6.45, 7) is 1.83. The summed E-state index contributed by atoms with van der Waals surface area (Å²) >= 11 is 0. The molecule has 0 radical (unpaired) electrons. The second kappa shape index (κ2) is 4.67. The first-order valence-electron chi connectivity index (χ1n) is 6.58. The maximum absolute atomic E-state index is 11.9. The summed E-state index contributed by atoms with van der Waals surface area (Å²) < 4.78 is 5.67. The molecule has 5 heteroatoms. The molecule has 1 aromatic heterocycles. The topological polar surface area (TPSA) is 79.5 Å². The Balaban J connectivity index is 1.68. The molecule has 1 fully saturated rings. The molecule has 1 amide bonds. The number of nitrogens with one attached hydrogen (secondary N) is 1. The number of rotatable bonds is 4. The molecule has 5 nitrogen and oxygen atoms in total. The average molecular weight is 273 g/mol. The first-order valence-corrected chi connectivity index (χ1v) is 6.58. The molecule has 3 rings (SSSR count). The van der Waals surface area contributed by atoms with E-state index in [2.05, 4.69) is 5.32 Å². The van der Waals surface area contributed by atoms with Crippen LogP contribution in [0.25, 0.3) is 11.0 Å². The lowest BCUT2D eigenvalue weighted by Gasteiger charge is -2.10. The van der Waals surface area contributed by atoms with Crippen molar-refractivity contribution in [2.24, 2.45) is 11.8 Å². The van der Waals surface area contributed by atoms with E-state index >= 15 is 0 Å². The zero-order chi connectivity index (χ0) is 14.3. The van der Waals surface area contributed by atoms with Gasteiger partial charge in [-0.3, -0.25) is 9.59 Å². The normalized spacial score (nSPS) is 22.4. The molecule has 1 aromatic carbocycles. The number of carboxylic acids is 1. The quantitative estimate of drug-likeness (QED) is 0.896. The monoisotopic (exact) mass is 273 g/mol. The van der Waals surface area contributed by atoms with Gasteiger partial charge in [0.05, 0.1) is 17.9 Å². The molecule has 2 aromatic rings. The van der Waals surface area contributed by atoms with Gasteiger partial charge in [-0.2, -0.15) is 0 Å². The van der Waals surface area contributed by atoms with Gasteiger partial charge in [0.25, 0.3) is 0 Å². The van der Waals surface area contributed by atoms with Gasteiger partial charge >= 0.3 is 5.97 Å². The van der Waals surface area contributed by atoms with E-state index in [0.717, 1.165) is 11.0 Å². The molecule has 1 aliphatic rings. The molecule has 3 atom stereocenters. The van der Waals surface area contributed by atoms with E-state index in [9.17, 15) is 9.59 Å². The fourth-order valence-electron chi connectivity index (χ4n) is 2.37. The number of furan rings is 1. The van der Waals surface area contributed by atoms with Crippen LogP contribution >= 0.6 is 0 Å². The molecule has 1 unspecified atom stereocenters. The van der Waals surface area contributed by atoms with Crippen molar-refractivity contribution in [1.82, 2.24) is 5.32 Å². The molecule has 2 N–H and O–H groups in total. The Morgan fingerprint density at radius 1 is 1.35 bits per heavy atom. The van der Waals surface area contributed by atoms with Crippen molar-refractivity contribution in [1.29, 1.82) is 0 Å². The Kier molecular flexibility index (Phi) is 2.97. The summed E-state index contributed by atoms with van der Waals surface area (Å²) in [7, 11) is 0. The zero-order valence-electron chi connectivity index (χ0n) is 11.0. The van der Waals surface area contributed by atoms with E-state index in [1.54, 1.807) is 0 Å². The van der Waals surface area contributed by atoms with Gasteiger partial charge in [-0.1, -0.05) is 18.2 Å². The molecule has 0 spiro atoms. The molecule has 1 heterocycles. The van der Waals surface area contributed by atoms with E-state index in [4.69, 9.17) is 9.52 Å². The molecule has 1 aliphatic carbocycles. The Labute approximate surface area is 115 Å². The summed E-state index contributed by atoms with van der Waals surface area (Å²) in [5.74, 6) is -1.38. The lowest BCUT2D eigenvalue weighted by Crippen LogP contribution is -2.28. The van der Waals surface area contributed by atoms with E-state index in [0.29, 0.717) is 12.2 Å². The van der Waals surface area contributed by atoms with Crippen molar-refractivity contribution in [3.05, 3.63) is 36.1 Å². The van der Waals surface area contributed by atoms with Crippen LogP contribution in [0.4, 0.5) is 0 Å². The highest BCUT2D eigenvalue weighted by atomic mass is 16.4. The predicted molar refractivity (Wildman–Crippen MR) is 72.0 cm³/mol. The first kappa shape index (κ1) is 12.7. The second-order valence-corrected chi connectivity index (χ2v) is 5.20. The fourth-order valence-corrected chi connectivity index (χ4v) is 2.37. The van der Waals surface area contributed by atoms with Crippen molar-refractivity contribution in [3.63, 3.8) is 0 Å². The van der Waals surface area contributed by atoms with Crippen LogP contribution in [0.15, 0.2) is 34.7 Å². The van der Waals surface area contributed by atoms with Crippen LogP contribution in [-0.4, -0.2) is 17.0 Å². The van der Waals surface area contributed by atoms with Gasteiger partial charge in [0.1, 0.15) is 11.3 Å². The molecule has 104 valence electrons. The number of benzene rings is 1. The number of amides is 1. The highest BCUT2D eigenvalue weighted by Crippen LogP contribution is 2.39. The summed E-state index contributed by atoms with van der Waals surface area (Å²) in [4.78, 5) is 22.7. The Hall–Kier alpha value is -2.30. The number of hydrogen-bond donors (Lipinski definition) is 2. The third-order valence-electron chi connectivity index (χ3n) is 3.67. The van der Waals surface area contributed by atoms with Crippen LogP contribution in [0.1, 0.15) is 25.1 Å². The van der Waals surface area contributed by atoms with Gasteiger partial charge in [0.2, 0.25) is 5.91 Å². The SMILES string of the molecule is CC(NC(=O)[C@@H]1C[C@@H]1C(=O)O)c1cc2ccccc2o1. The Morgan fingerprint density at radius 3 is 2.75 bits per heavy atom. The summed E-state index contributed by atoms with van der Waals surface area (Å²) in [5.41, 5.74) is 0.776. The Morgan fingerprint density at radius 2 is 2.10 bits per heavy atom. The summed E-state index contributed by atoms with van der Waals surface area (Å²) in [6, 6.07) is 9.24. The minimum absolute atomic E-state index is 0.217. The van der Waals surface area contributed by atoms with E-state index in [1.807, 2.05) is 37.3 Å². The molecular weight excluding hydrogens is 258 g/mol. The standard InChI is InChI=1S/C15H15NO4/c1-8(16-14(17)10-7-11(10)15(18)19)13-6-9-4-2-3-5-12(9)20-13/h2-6,8,10-11H,7H2,1H3,(H,16,17)(H,18,19)/t8?,10-,11+/m1/s1. The van der Waals surface area contributed by atoms with E-state index in [1.165, 1.54) is 0 Å². The highest BCUT2D eigenvalue weighted by Gasteiger charge is 2.48. The third-order valence-corrected chi connectivity index (χ3v) is 3.67. The minimum Gasteiger partial charge on any atom is -0.481 e. The Bertz CT molecular complexity index is 642. The molecule has 1 saturated carbocycles. The van der Waals surface area contributed by atoms with Crippen LogP contribution in [0.5, 0.6) is 0 Å². The van der Waals surface area contributed by atoms with Crippen LogP contribution in [0, 0.1) is 11.8 Å². The van der Waals surface area contributed by atoms with Gasteiger partial charge in [-0.15, -0.1) is 0 Å². The van der Waals surface area contributed by atoms with Crippen LogP contribution in [0.2, 0.25) is 0 Å². The molecule has 0 bridgehead atoms. The van der Waals surface area contributed by atoms with Crippen LogP contribution in [-0.2, 0) is 9.59 Å². The van der Waals surface area contributed by atoms with Crippen LogP contribution in [0.3, 0.4) is 0 Å². The van der Waals surface area contributed by atoms with Gasteiger partial charge in [0.15, 0.2) is 0 Å². The highest BCUT2D eigenvalue weighted by molar-refractivity contribution is 5.89. The van der Waals surface area contributed by atoms with E-state index in [-0.39, 0.29) is 11.9 Å². The third kappa shape index (κ3) is 2.27.